The number of nitrogens with zero attached hydrogens (tertiary/aromatic N) is 1. The molecule has 0 bridgehead atoms. The molecule has 1 rings (SSSR count). The predicted molar refractivity (Wildman–Crippen MR) is 62.4 cm³/mol. The van der Waals surface area contributed by atoms with Gasteiger partial charge in [0.05, 0.1) is 35.9 Å². The van der Waals surface area contributed by atoms with Crippen LogP contribution >= 0.6 is 0 Å². The van der Waals surface area contributed by atoms with Gasteiger partial charge in [0.15, 0.2) is 0 Å². The highest BCUT2D eigenvalue weighted by atomic mass is 19.4. The average molecular weight is 274 g/mol. The second kappa shape index (κ2) is 5.47. The number of nitrogens with one attached hydrogen (secondary N) is 1. The highest BCUT2D eigenvalue weighted by Crippen LogP contribution is 2.33. The van der Waals surface area contributed by atoms with Crippen LogP contribution in [0.4, 0.5) is 18.9 Å². The van der Waals surface area contributed by atoms with Crippen molar-refractivity contribution >= 4 is 5.69 Å². The monoisotopic (exact) mass is 274 g/mol. The van der Waals surface area contributed by atoms with Crippen molar-refractivity contribution in [3.05, 3.63) is 29.3 Å². The Morgan fingerprint density at radius 3 is 2.26 bits per heavy atom. The Morgan fingerprint density at radius 2 is 1.84 bits per heavy atom. The van der Waals surface area contributed by atoms with E-state index in [4.69, 9.17) is 15.5 Å². The molecule has 7 heteroatoms. The second-order valence-corrected chi connectivity index (χ2v) is 4.37. The van der Waals surface area contributed by atoms with Crippen LogP contribution in [0.15, 0.2) is 18.2 Å². The third kappa shape index (κ3) is 3.59. The third-order valence-electron chi connectivity index (χ3n) is 2.59. The second-order valence-electron chi connectivity index (χ2n) is 4.37. The first-order valence-electron chi connectivity index (χ1n) is 5.37. The molecule has 0 unspecified atom stereocenters. The minimum atomic E-state index is -4.60. The van der Waals surface area contributed by atoms with Crippen LogP contribution in [0.2, 0.25) is 0 Å². The summed E-state index contributed by atoms with van der Waals surface area (Å²) < 4.78 is 37.8. The number of aliphatic hydroxyl groups excluding tert-OH is 2. The van der Waals surface area contributed by atoms with Crippen molar-refractivity contribution in [1.82, 2.24) is 0 Å². The first kappa shape index (κ1) is 15.3. The predicted octanol–water partition coefficient (Wildman–Crippen LogP) is 1.73. The number of hydrogen-bond donors (Lipinski definition) is 3. The van der Waals surface area contributed by atoms with E-state index in [1.807, 2.05) is 0 Å². The van der Waals surface area contributed by atoms with Gasteiger partial charge in [0.1, 0.15) is 0 Å². The topological polar surface area (TPSA) is 76.3 Å². The molecule has 0 spiro atoms. The zero-order valence-electron chi connectivity index (χ0n) is 10.1. The normalized spacial score (nSPS) is 12.1. The van der Waals surface area contributed by atoms with Crippen LogP contribution in [0.25, 0.3) is 0 Å². The lowest BCUT2D eigenvalue weighted by atomic mass is 10.0. The van der Waals surface area contributed by atoms with Crippen molar-refractivity contribution in [2.75, 3.05) is 18.5 Å². The Hall–Kier alpha value is -1.78. The Labute approximate surface area is 108 Å². The Balaban J connectivity index is 3.12. The van der Waals surface area contributed by atoms with Crippen LogP contribution in [0.3, 0.4) is 0 Å². The smallest absolute Gasteiger partial charge is 0.394 e. The summed E-state index contributed by atoms with van der Waals surface area (Å²) in [4.78, 5) is 0. The lowest BCUT2D eigenvalue weighted by Gasteiger charge is -2.27. The van der Waals surface area contributed by atoms with Gasteiger partial charge < -0.3 is 15.5 Å². The summed E-state index contributed by atoms with van der Waals surface area (Å²) in [6.45, 7) is 0.676. The summed E-state index contributed by atoms with van der Waals surface area (Å²) in [6, 6.07) is 4.45. The van der Waals surface area contributed by atoms with Crippen molar-refractivity contribution in [2.45, 2.75) is 18.6 Å². The quantitative estimate of drug-likeness (QED) is 0.781. The number of halogens is 3. The van der Waals surface area contributed by atoms with Gasteiger partial charge in [-0.15, -0.1) is 0 Å². The molecule has 0 atom stereocenters. The van der Waals surface area contributed by atoms with Crippen LogP contribution in [0.5, 0.6) is 0 Å². The van der Waals surface area contributed by atoms with Crippen molar-refractivity contribution in [2.24, 2.45) is 0 Å². The van der Waals surface area contributed by atoms with Crippen LogP contribution in [-0.2, 0) is 6.18 Å². The fourth-order valence-electron chi connectivity index (χ4n) is 1.44. The van der Waals surface area contributed by atoms with E-state index < -0.39 is 36.1 Å². The fraction of sp³-hybridized carbons (Fsp3) is 0.417. The maximum absolute atomic E-state index is 12.6. The summed E-state index contributed by atoms with van der Waals surface area (Å²) in [5, 5.41) is 29.6. The number of aliphatic hydroxyl groups is 2. The highest BCUT2D eigenvalue weighted by molar-refractivity contribution is 5.54. The molecule has 1 aromatic carbocycles. The zero-order valence-corrected chi connectivity index (χ0v) is 10.1. The molecule has 4 nitrogen and oxygen atoms in total. The van der Waals surface area contributed by atoms with Crippen molar-refractivity contribution in [3.8, 4) is 6.07 Å². The number of nitriles is 1. The minimum Gasteiger partial charge on any atom is -0.394 e. The molecular formula is C12H13F3N2O2. The molecule has 0 heterocycles. The van der Waals surface area contributed by atoms with Gasteiger partial charge in [-0.1, -0.05) is 0 Å². The van der Waals surface area contributed by atoms with Crippen molar-refractivity contribution < 1.29 is 23.4 Å². The maximum Gasteiger partial charge on any atom is 0.417 e. The summed E-state index contributed by atoms with van der Waals surface area (Å²) >= 11 is 0. The molecule has 0 saturated carbocycles. The van der Waals surface area contributed by atoms with Crippen LogP contribution in [0, 0.1) is 11.3 Å². The first-order valence-corrected chi connectivity index (χ1v) is 5.37. The van der Waals surface area contributed by atoms with Gasteiger partial charge in [-0.2, -0.15) is 18.4 Å². The van der Waals surface area contributed by atoms with Gasteiger partial charge in [-0.05, 0) is 25.1 Å². The molecule has 3 N–H and O–H groups in total. The summed E-state index contributed by atoms with van der Waals surface area (Å²) in [7, 11) is 0. The molecule has 0 aromatic heterocycles. The van der Waals surface area contributed by atoms with Gasteiger partial charge in [0.25, 0.3) is 0 Å². The minimum absolute atomic E-state index is 0.218. The molecule has 0 aliphatic heterocycles. The van der Waals surface area contributed by atoms with Gasteiger partial charge >= 0.3 is 6.18 Å². The number of alkyl halides is 3. The molecule has 1 aromatic rings. The molecule has 0 radical (unpaired) electrons. The van der Waals surface area contributed by atoms with E-state index in [1.54, 1.807) is 0 Å². The molecule has 0 amide bonds. The first-order chi connectivity index (χ1) is 8.75. The molecule has 0 saturated heterocycles. The fourth-order valence-corrected chi connectivity index (χ4v) is 1.44. The van der Waals surface area contributed by atoms with Crippen LogP contribution in [0.1, 0.15) is 18.1 Å². The van der Waals surface area contributed by atoms with Crippen LogP contribution in [-0.4, -0.2) is 29.0 Å². The SMILES string of the molecule is CC(CO)(CO)Nc1ccc(C(F)(F)F)c(C#N)c1. The van der Waals surface area contributed by atoms with E-state index in [-0.39, 0.29) is 5.69 Å². The molecule has 0 aliphatic carbocycles. The van der Waals surface area contributed by atoms with E-state index in [2.05, 4.69) is 5.32 Å². The third-order valence-corrected chi connectivity index (χ3v) is 2.59. The lowest BCUT2D eigenvalue weighted by Crippen LogP contribution is -2.42. The van der Waals surface area contributed by atoms with Gasteiger partial charge in [-0.3, -0.25) is 0 Å². The number of benzene rings is 1. The highest BCUT2D eigenvalue weighted by Gasteiger charge is 2.34. The number of hydrogen-bond acceptors (Lipinski definition) is 4. The largest absolute Gasteiger partial charge is 0.417 e. The van der Waals surface area contributed by atoms with E-state index in [0.717, 1.165) is 18.2 Å². The molecule has 0 fully saturated rings. The molecule has 104 valence electrons. The summed E-state index contributed by atoms with van der Waals surface area (Å²) in [5.74, 6) is 0. The standard InChI is InChI=1S/C12H13F3N2O2/c1-11(6-18,7-19)17-9-2-3-10(12(13,14)15)8(4-9)5-16/h2-4,17-19H,6-7H2,1H3. The van der Waals surface area contributed by atoms with Crippen LogP contribution < -0.4 is 5.32 Å². The molecule has 19 heavy (non-hydrogen) atoms. The van der Waals surface area contributed by atoms with Gasteiger partial charge in [-0.25, -0.2) is 0 Å². The lowest BCUT2D eigenvalue weighted by molar-refractivity contribution is -0.137. The Kier molecular flexibility index (Phi) is 4.39. The van der Waals surface area contributed by atoms with E-state index >= 15 is 0 Å². The van der Waals surface area contributed by atoms with Gasteiger partial charge in [0, 0.05) is 5.69 Å². The van der Waals surface area contributed by atoms with E-state index in [9.17, 15) is 13.2 Å². The summed E-state index contributed by atoms with van der Waals surface area (Å²) in [5.41, 5.74) is -2.40. The Bertz CT molecular complexity index is 491. The zero-order chi connectivity index (χ0) is 14.7. The van der Waals surface area contributed by atoms with Crippen molar-refractivity contribution in [1.29, 1.82) is 5.26 Å². The van der Waals surface area contributed by atoms with E-state index in [1.165, 1.54) is 13.0 Å². The number of rotatable bonds is 4. The van der Waals surface area contributed by atoms with Gasteiger partial charge in [0.2, 0.25) is 0 Å². The molecule has 0 aliphatic rings. The molecular weight excluding hydrogens is 261 g/mol. The average Bonchev–Trinajstić information content (AvgIpc) is 2.37. The summed E-state index contributed by atoms with van der Waals surface area (Å²) in [6.07, 6.45) is -4.60. The number of anilines is 1. The van der Waals surface area contributed by atoms with Crippen molar-refractivity contribution in [3.63, 3.8) is 0 Å². The van der Waals surface area contributed by atoms with E-state index in [0.29, 0.717) is 0 Å². The Morgan fingerprint density at radius 1 is 1.26 bits per heavy atom. The maximum atomic E-state index is 12.6.